The van der Waals surface area contributed by atoms with Gasteiger partial charge in [0.2, 0.25) is 0 Å². The summed E-state index contributed by atoms with van der Waals surface area (Å²) in [5, 5.41) is 14.3. The zero-order valence-electron chi connectivity index (χ0n) is 14.1. The fourth-order valence-corrected chi connectivity index (χ4v) is 5.15. The summed E-state index contributed by atoms with van der Waals surface area (Å²) in [5.74, 6) is 0. The number of aromatic nitrogens is 1. The maximum Gasteiger partial charge on any atom is 0.435 e. The molecule has 0 saturated carbocycles. The van der Waals surface area contributed by atoms with E-state index in [1.807, 2.05) is 0 Å². The molecule has 0 radical (unpaired) electrons. The Morgan fingerprint density at radius 1 is 1.48 bits per heavy atom. The maximum absolute atomic E-state index is 13.5. The van der Waals surface area contributed by atoms with Gasteiger partial charge in [-0.1, -0.05) is 0 Å². The summed E-state index contributed by atoms with van der Waals surface area (Å²) in [4.78, 5) is 14.7. The van der Waals surface area contributed by atoms with Crippen LogP contribution in [0.2, 0.25) is 0 Å². The lowest BCUT2D eigenvalue weighted by Crippen LogP contribution is -2.51. The van der Waals surface area contributed by atoms with Crippen molar-refractivity contribution in [2.75, 3.05) is 31.0 Å². The SMILES string of the molecule is CCOP(=O)(OCC)N(c1ccncc1[N+](=O)[O-])C1CNCCC1Cl. The van der Waals surface area contributed by atoms with Crippen LogP contribution in [-0.4, -0.2) is 47.6 Å². The monoisotopic (exact) mass is 392 g/mol. The van der Waals surface area contributed by atoms with Gasteiger partial charge >= 0.3 is 13.4 Å². The summed E-state index contributed by atoms with van der Waals surface area (Å²) in [6.07, 6.45) is 3.14. The van der Waals surface area contributed by atoms with Gasteiger partial charge in [0.25, 0.3) is 0 Å². The highest BCUT2D eigenvalue weighted by atomic mass is 35.5. The van der Waals surface area contributed by atoms with Gasteiger partial charge in [-0.3, -0.25) is 28.8 Å². The quantitative estimate of drug-likeness (QED) is 0.311. The second kappa shape index (κ2) is 8.91. The van der Waals surface area contributed by atoms with Crippen molar-refractivity contribution in [1.29, 1.82) is 0 Å². The second-order valence-electron chi connectivity index (χ2n) is 5.35. The number of piperidine rings is 1. The molecule has 1 fully saturated rings. The summed E-state index contributed by atoms with van der Waals surface area (Å²) in [5.41, 5.74) is -0.166. The Bertz CT molecular complexity index is 639. The van der Waals surface area contributed by atoms with E-state index in [2.05, 4.69) is 10.3 Å². The molecule has 1 aliphatic heterocycles. The number of pyridine rings is 1. The first-order valence-electron chi connectivity index (χ1n) is 8.06. The van der Waals surface area contributed by atoms with Gasteiger partial charge in [0, 0.05) is 12.7 Å². The molecule has 0 bridgehead atoms. The fraction of sp³-hybridized carbons (Fsp3) is 0.643. The van der Waals surface area contributed by atoms with Crippen molar-refractivity contribution in [3.63, 3.8) is 0 Å². The molecule has 0 aliphatic carbocycles. The first kappa shape index (κ1) is 20.1. The van der Waals surface area contributed by atoms with Crippen LogP contribution in [0.3, 0.4) is 0 Å². The summed E-state index contributed by atoms with van der Waals surface area (Å²) >= 11 is 6.47. The van der Waals surface area contributed by atoms with Crippen LogP contribution in [0.1, 0.15) is 20.3 Å². The molecule has 1 N–H and O–H groups in total. The fourth-order valence-electron chi connectivity index (χ4n) is 2.74. The number of nitrogens with zero attached hydrogens (tertiary/aromatic N) is 3. The number of hydrogen-bond acceptors (Lipinski definition) is 7. The average molecular weight is 393 g/mol. The molecule has 2 atom stereocenters. The minimum Gasteiger partial charge on any atom is -0.315 e. The molecule has 25 heavy (non-hydrogen) atoms. The van der Waals surface area contributed by atoms with E-state index >= 15 is 0 Å². The Morgan fingerprint density at radius 2 is 2.16 bits per heavy atom. The van der Waals surface area contributed by atoms with Gasteiger partial charge in [-0.05, 0) is 32.9 Å². The van der Waals surface area contributed by atoms with Crippen LogP contribution in [0.25, 0.3) is 0 Å². The molecule has 0 amide bonds. The van der Waals surface area contributed by atoms with Crippen LogP contribution in [0.15, 0.2) is 18.5 Å². The Morgan fingerprint density at radius 3 is 2.72 bits per heavy atom. The van der Waals surface area contributed by atoms with Gasteiger partial charge in [0.1, 0.15) is 11.9 Å². The molecule has 1 aliphatic rings. The lowest BCUT2D eigenvalue weighted by atomic mass is 10.1. The zero-order chi connectivity index (χ0) is 18.4. The molecule has 9 nitrogen and oxygen atoms in total. The van der Waals surface area contributed by atoms with Crippen molar-refractivity contribution < 1.29 is 18.5 Å². The van der Waals surface area contributed by atoms with Crippen LogP contribution in [0, 0.1) is 10.1 Å². The van der Waals surface area contributed by atoms with Crippen molar-refractivity contribution in [3.05, 3.63) is 28.6 Å². The molecule has 1 aromatic rings. The molecule has 0 aromatic carbocycles. The molecule has 1 aromatic heterocycles. The topological polar surface area (TPSA) is 107 Å². The molecule has 2 unspecified atom stereocenters. The number of hydrogen-bond donors (Lipinski definition) is 1. The number of anilines is 1. The van der Waals surface area contributed by atoms with Crippen molar-refractivity contribution in [2.24, 2.45) is 0 Å². The lowest BCUT2D eigenvalue weighted by molar-refractivity contribution is -0.384. The van der Waals surface area contributed by atoms with Crippen molar-refractivity contribution in [3.8, 4) is 0 Å². The predicted octanol–water partition coefficient (Wildman–Crippen LogP) is 2.95. The van der Waals surface area contributed by atoms with Crippen molar-refractivity contribution >= 4 is 30.7 Å². The number of alkyl halides is 1. The van der Waals surface area contributed by atoms with Crippen molar-refractivity contribution in [1.82, 2.24) is 10.3 Å². The molecule has 11 heteroatoms. The highest BCUT2D eigenvalue weighted by Gasteiger charge is 2.44. The summed E-state index contributed by atoms with van der Waals surface area (Å²) in [6.45, 7) is 4.73. The molecular formula is C14H22ClN4O5P. The Labute approximate surface area is 151 Å². The number of rotatable bonds is 8. The van der Waals surface area contributed by atoms with Crippen LogP contribution in [0.5, 0.6) is 0 Å². The smallest absolute Gasteiger partial charge is 0.315 e. The van der Waals surface area contributed by atoms with Gasteiger partial charge < -0.3 is 5.32 Å². The third-order valence-electron chi connectivity index (χ3n) is 3.75. The number of halogens is 1. The normalized spacial score (nSPS) is 21.1. The molecule has 2 rings (SSSR count). The van der Waals surface area contributed by atoms with Crippen LogP contribution < -0.4 is 9.99 Å². The molecule has 2 heterocycles. The first-order chi connectivity index (χ1) is 11.9. The zero-order valence-corrected chi connectivity index (χ0v) is 15.8. The van der Waals surface area contributed by atoms with E-state index in [9.17, 15) is 14.7 Å². The highest BCUT2D eigenvalue weighted by molar-refractivity contribution is 7.55. The van der Waals surface area contributed by atoms with E-state index < -0.39 is 18.7 Å². The largest absolute Gasteiger partial charge is 0.435 e. The van der Waals surface area contributed by atoms with Gasteiger partial charge in [0.15, 0.2) is 0 Å². The molecule has 1 saturated heterocycles. The second-order valence-corrected chi connectivity index (χ2v) is 7.79. The number of nitro groups is 1. The third kappa shape index (κ3) is 4.48. The lowest BCUT2D eigenvalue weighted by Gasteiger charge is -2.41. The van der Waals surface area contributed by atoms with Gasteiger partial charge in [-0.15, -0.1) is 11.6 Å². The predicted molar refractivity (Wildman–Crippen MR) is 95.1 cm³/mol. The minimum atomic E-state index is -3.85. The van der Waals surface area contributed by atoms with E-state index in [4.69, 9.17) is 20.6 Å². The van der Waals surface area contributed by atoms with E-state index in [-0.39, 0.29) is 30.0 Å². The van der Waals surface area contributed by atoms with E-state index in [1.54, 1.807) is 13.8 Å². The Hall–Kier alpha value is -1.25. The summed E-state index contributed by atoms with van der Waals surface area (Å²) in [7, 11) is -3.85. The maximum atomic E-state index is 13.5. The van der Waals surface area contributed by atoms with Gasteiger partial charge in [0.05, 0.1) is 29.6 Å². The minimum absolute atomic E-state index is 0.115. The van der Waals surface area contributed by atoms with E-state index in [0.717, 1.165) is 6.20 Å². The van der Waals surface area contributed by atoms with Crippen molar-refractivity contribution in [2.45, 2.75) is 31.7 Å². The average Bonchev–Trinajstić information content (AvgIpc) is 2.57. The molecular weight excluding hydrogens is 371 g/mol. The van der Waals surface area contributed by atoms with E-state index in [0.29, 0.717) is 19.5 Å². The molecule has 140 valence electrons. The summed E-state index contributed by atoms with van der Waals surface area (Å²) in [6, 6.07) is 0.932. The van der Waals surface area contributed by atoms with Crippen LogP contribution in [0.4, 0.5) is 11.4 Å². The first-order valence-corrected chi connectivity index (χ1v) is 9.99. The summed E-state index contributed by atoms with van der Waals surface area (Å²) < 4.78 is 25.7. The standard InChI is InChI=1S/C14H22ClN4O5P/c1-3-23-25(22,24-4-2)18(13-9-16-7-5-11(13)15)12-6-8-17-10-14(12)19(20)21/h6,8,10-11,13,16H,3-5,7,9H2,1-2H3. The number of nitrogens with one attached hydrogen (secondary N) is 1. The van der Waals surface area contributed by atoms with Gasteiger partial charge in [-0.2, -0.15) is 0 Å². The Kier molecular flexibility index (Phi) is 7.15. The third-order valence-corrected chi connectivity index (χ3v) is 6.47. The molecule has 0 spiro atoms. The van der Waals surface area contributed by atoms with Crippen LogP contribution in [-0.2, 0) is 13.6 Å². The van der Waals surface area contributed by atoms with Gasteiger partial charge in [-0.25, -0.2) is 4.57 Å². The van der Waals surface area contributed by atoms with Crippen LogP contribution >= 0.6 is 19.3 Å². The Balaban J connectivity index is 2.60. The van der Waals surface area contributed by atoms with E-state index in [1.165, 1.54) is 16.9 Å². The highest BCUT2D eigenvalue weighted by Crippen LogP contribution is 2.57.